The molecule has 0 saturated carbocycles. The maximum Gasteiger partial charge on any atom is 0.414 e. The fourth-order valence-corrected chi connectivity index (χ4v) is 4.29. The van der Waals surface area contributed by atoms with Crippen LogP contribution in [-0.2, 0) is 31.6 Å². The first-order valence-electron chi connectivity index (χ1n) is 9.61. The lowest BCUT2D eigenvalue weighted by Crippen LogP contribution is -2.50. The van der Waals surface area contributed by atoms with Crippen LogP contribution in [0.3, 0.4) is 0 Å². The normalized spacial score (nSPS) is 27.6. The Balaban J connectivity index is 2.08. The maximum absolute atomic E-state index is 12.9. The molecule has 162 valence electrons. The number of nitrogens with one attached hydrogen (secondary N) is 1. The Labute approximate surface area is 180 Å². The van der Waals surface area contributed by atoms with Crippen LogP contribution < -0.4 is 9.62 Å². The van der Waals surface area contributed by atoms with E-state index in [-0.39, 0.29) is 11.7 Å². The molecule has 2 unspecified atom stereocenters. The van der Waals surface area contributed by atoms with Crippen molar-refractivity contribution in [2.24, 2.45) is 0 Å². The van der Waals surface area contributed by atoms with Crippen molar-refractivity contribution < 1.29 is 18.5 Å². The number of carbonyl (C=O) groups excluding carboxylic acids is 1. The van der Waals surface area contributed by atoms with Crippen LogP contribution in [0.1, 0.15) is 66.6 Å². The summed E-state index contributed by atoms with van der Waals surface area (Å²) in [5.74, 6) is 0. The van der Waals surface area contributed by atoms with E-state index in [1.165, 1.54) is 4.90 Å². The van der Waals surface area contributed by atoms with Gasteiger partial charge >= 0.3 is 6.09 Å². The second-order valence-electron chi connectivity index (χ2n) is 10.1. The Hall–Kier alpha value is -1.22. The highest BCUT2D eigenvalue weighted by Crippen LogP contribution is 2.47. The number of hydrogen-bond donors (Lipinski definition) is 1. The van der Waals surface area contributed by atoms with Crippen molar-refractivity contribution in [3.05, 3.63) is 22.5 Å². The molecule has 3 heterocycles. The van der Waals surface area contributed by atoms with Crippen LogP contribution in [0.5, 0.6) is 0 Å². The zero-order valence-electron chi connectivity index (χ0n) is 18.3. The van der Waals surface area contributed by atoms with Gasteiger partial charge in [-0.1, -0.05) is 11.6 Å². The molecule has 0 aromatic carbocycles. The van der Waals surface area contributed by atoms with Gasteiger partial charge in [0.15, 0.2) is 5.15 Å². The fraction of sp³-hybridized carbons (Fsp3) is 0.700. The summed E-state index contributed by atoms with van der Waals surface area (Å²) in [7, 11) is -1.36. The van der Waals surface area contributed by atoms with E-state index >= 15 is 0 Å². The van der Waals surface area contributed by atoms with Gasteiger partial charge in [0, 0.05) is 5.56 Å². The lowest BCUT2D eigenvalue weighted by molar-refractivity contribution is 0.0578. The lowest BCUT2D eigenvalue weighted by atomic mass is 9.94. The summed E-state index contributed by atoms with van der Waals surface area (Å²) in [6, 6.07) is 1.89. The number of halogens is 1. The van der Waals surface area contributed by atoms with Crippen molar-refractivity contribution in [3.63, 3.8) is 0 Å². The molecular formula is C20H30ClN3O4S. The van der Waals surface area contributed by atoms with E-state index in [2.05, 4.69) is 9.71 Å². The highest BCUT2D eigenvalue weighted by molar-refractivity contribution is 7.84. The molecule has 3 atom stereocenters. The number of aromatic nitrogens is 1. The van der Waals surface area contributed by atoms with Gasteiger partial charge < -0.3 is 9.47 Å². The molecule has 0 radical (unpaired) electrons. The SMILES string of the molecule is CC(C)(C)OC(=O)N1C[C@@](C)(NS(=O)C(C)(C)C)c2cc(C3(C)CO3)nc(Cl)c21. The zero-order valence-corrected chi connectivity index (χ0v) is 19.9. The van der Waals surface area contributed by atoms with Gasteiger partial charge in [0.25, 0.3) is 0 Å². The molecule has 3 rings (SSSR count). The molecule has 9 heteroatoms. The fourth-order valence-electron chi connectivity index (χ4n) is 3.11. The summed E-state index contributed by atoms with van der Waals surface area (Å²) in [4.78, 5) is 18.9. The molecule has 1 amide bonds. The van der Waals surface area contributed by atoms with E-state index in [1.807, 2.05) is 61.5 Å². The molecule has 2 aliphatic heterocycles. The molecule has 0 spiro atoms. The highest BCUT2D eigenvalue weighted by Gasteiger charge is 2.49. The molecular weight excluding hydrogens is 414 g/mol. The van der Waals surface area contributed by atoms with E-state index in [0.29, 0.717) is 18.0 Å². The number of nitrogens with zero attached hydrogens (tertiary/aromatic N) is 2. The van der Waals surface area contributed by atoms with E-state index in [9.17, 15) is 9.00 Å². The van der Waals surface area contributed by atoms with Gasteiger partial charge in [-0.25, -0.2) is 18.7 Å². The predicted octanol–water partition coefficient (Wildman–Crippen LogP) is 4.00. The molecule has 1 fully saturated rings. The second-order valence-corrected chi connectivity index (χ2v) is 12.4. The van der Waals surface area contributed by atoms with Crippen LogP contribution in [0.25, 0.3) is 0 Å². The third-order valence-electron chi connectivity index (χ3n) is 4.90. The van der Waals surface area contributed by atoms with E-state index in [4.69, 9.17) is 21.1 Å². The van der Waals surface area contributed by atoms with Crippen molar-refractivity contribution >= 4 is 34.4 Å². The second kappa shape index (κ2) is 6.90. The number of carbonyl (C=O) groups is 1. The van der Waals surface area contributed by atoms with Crippen LogP contribution >= 0.6 is 11.6 Å². The summed E-state index contributed by atoms with van der Waals surface area (Å²) >= 11 is 6.55. The van der Waals surface area contributed by atoms with Crippen LogP contribution in [0.4, 0.5) is 10.5 Å². The van der Waals surface area contributed by atoms with Crippen molar-refractivity contribution in [1.29, 1.82) is 0 Å². The van der Waals surface area contributed by atoms with Crippen LogP contribution in [0.15, 0.2) is 6.07 Å². The predicted molar refractivity (Wildman–Crippen MR) is 115 cm³/mol. The summed E-state index contributed by atoms with van der Waals surface area (Å²) in [6.07, 6.45) is -0.517. The van der Waals surface area contributed by atoms with Gasteiger partial charge in [-0.15, -0.1) is 0 Å². The lowest BCUT2D eigenvalue weighted by Gasteiger charge is -2.31. The quantitative estimate of drug-likeness (QED) is 0.563. The van der Waals surface area contributed by atoms with Crippen molar-refractivity contribution in [2.45, 2.75) is 76.9 Å². The molecule has 2 aliphatic rings. The number of rotatable bonds is 3. The third-order valence-corrected chi connectivity index (χ3v) is 6.91. The third kappa shape index (κ3) is 4.45. The number of pyridine rings is 1. The largest absolute Gasteiger partial charge is 0.443 e. The van der Waals surface area contributed by atoms with Gasteiger partial charge in [-0.3, -0.25) is 4.90 Å². The van der Waals surface area contributed by atoms with Gasteiger partial charge in [0.05, 0.1) is 45.8 Å². The topological polar surface area (TPSA) is 84.1 Å². The standard InChI is InChI=1S/C20H30ClN3O4S/c1-17(2,3)28-16(25)24-10-19(7,23-29(26)18(4,5)6)12-9-13(20(8)11-27-20)22-15(21)14(12)24/h9,23H,10-11H2,1-8H3/t19-,20?,29?/m1/s1. The van der Waals surface area contributed by atoms with Crippen molar-refractivity contribution in [2.75, 3.05) is 18.1 Å². The average molecular weight is 444 g/mol. The number of anilines is 1. The molecule has 0 bridgehead atoms. The Morgan fingerprint density at radius 2 is 1.90 bits per heavy atom. The zero-order chi connectivity index (χ0) is 22.0. The minimum atomic E-state index is -1.36. The first-order chi connectivity index (χ1) is 13.1. The molecule has 1 saturated heterocycles. The summed E-state index contributed by atoms with van der Waals surface area (Å²) in [5, 5.41) is 0.201. The average Bonchev–Trinajstić information content (AvgIpc) is 3.21. The van der Waals surface area contributed by atoms with Gasteiger partial charge in [-0.2, -0.15) is 0 Å². The van der Waals surface area contributed by atoms with Gasteiger partial charge in [0.1, 0.15) is 11.2 Å². The number of amides is 1. The van der Waals surface area contributed by atoms with Gasteiger partial charge in [0.2, 0.25) is 0 Å². The van der Waals surface area contributed by atoms with Crippen LogP contribution in [-0.4, -0.2) is 38.8 Å². The van der Waals surface area contributed by atoms with E-state index in [0.717, 1.165) is 5.56 Å². The number of ether oxygens (including phenoxy) is 2. The Kier molecular flexibility index (Phi) is 5.35. The van der Waals surface area contributed by atoms with Crippen molar-refractivity contribution in [3.8, 4) is 0 Å². The maximum atomic E-state index is 12.9. The van der Waals surface area contributed by atoms with E-state index in [1.54, 1.807) is 0 Å². The molecule has 29 heavy (non-hydrogen) atoms. The molecule has 1 aromatic heterocycles. The smallest absolute Gasteiger partial charge is 0.414 e. The Morgan fingerprint density at radius 1 is 1.31 bits per heavy atom. The molecule has 7 nitrogen and oxygen atoms in total. The summed E-state index contributed by atoms with van der Waals surface area (Å²) in [6.45, 7) is 15.7. The Bertz CT molecular complexity index is 874. The minimum Gasteiger partial charge on any atom is -0.443 e. The Morgan fingerprint density at radius 3 is 2.38 bits per heavy atom. The number of fused-ring (bicyclic) bond motifs is 1. The van der Waals surface area contributed by atoms with E-state index < -0.39 is 38.6 Å². The molecule has 1 aromatic rings. The van der Waals surface area contributed by atoms with Crippen LogP contribution in [0, 0.1) is 0 Å². The summed E-state index contributed by atoms with van der Waals surface area (Å²) in [5.41, 5.74) is -0.00377. The summed E-state index contributed by atoms with van der Waals surface area (Å²) < 4.78 is 26.8. The van der Waals surface area contributed by atoms with Crippen molar-refractivity contribution in [1.82, 2.24) is 9.71 Å². The first kappa shape index (κ1) is 22.5. The number of hydrogen-bond acceptors (Lipinski definition) is 5. The molecule has 0 aliphatic carbocycles. The molecule has 1 N–H and O–H groups in total. The van der Waals surface area contributed by atoms with Crippen LogP contribution in [0.2, 0.25) is 5.15 Å². The highest BCUT2D eigenvalue weighted by atomic mass is 35.5. The van der Waals surface area contributed by atoms with Gasteiger partial charge in [-0.05, 0) is 61.5 Å². The first-order valence-corrected chi connectivity index (χ1v) is 11.1. The monoisotopic (exact) mass is 443 g/mol. The number of epoxide rings is 1. The minimum absolute atomic E-state index is 0.201.